The molecule has 4 nitrogen and oxygen atoms in total. The number of anilines is 3. The number of benzene rings is 2. The molecular formula is C19H19BrN4. The molecule has 0 aliphatic carbocycles. The molecule has 0 saturated carbocycles. The Bertz CT molecular complexity index is 777. The van der Waals surface area contributed by atoms with Gasteiger partial charge in [0.05, 0.1) is 0 Å². The van der Waals surface area contributed by atoms with Gasteiger partial charge in [-0.25, -0.2) is 4.98 Å². The molecule has 0 unspecified atom stereocenters. The summed E-state index contributed by atoms with van der Waals surface area (Å²) in [6.07, 6.45) is 3.84. The van der Waals surface area contributed by atoms with Gasteiger partial charge < -0.3 is 10.6 Å². The largest absolute Gasteiger partial charge is 0.354 e. The lowest BCUT2D eigenvalue weighted by Crippen LogP contribution is -2.07. The van der Waals surface area contributed by atoms with Crippen LogP contribution in [-0.2, 0) is 6.42 Å². The monoisotopic (exact) mass is 382 g/mol. The van der Waals surface area contributed by atoms with Crippen molar-refractivity contribution >= 4 is 33.4 Å². The molecule has 3 rings (SSSR count). The predicted molar refractivity (Wildman–Crippen MR) is 103 cm³/mol. The number of hydrogen-bond acceptors (Lipinski definition) is 4. The first-order valence-corrected chi connectivity index (χ1v) is 8.72. The molecule has 0 aliphatic rings. The van der Waals surface area contributed by atoms with Gasteiger partial charge in [-0.3, -0.25) is 0 Å². The first-order chi connectivity index (χ1) is 11.8. The normalized spacial score (nSPS) is 10.4. The van der Waals surface area contributed by atoms with Crippen LogP contribution in [0.25, 0.3) is 0 Å². The van der Waals surface area contributed by atoms with Crippen molar-refractivity contribution in [3.05, 3.63) is 76.9 Å². The number of nitrogens with one attached hydrogen (secondary N) is 2. The van der Waals surface area contributed by atoms with Crippen LogP contribution in [0.5, 0.6) is 0 Å². The van der Waals surface area contributed by atoms with E-state index in [9.17, 15) is 0 Å². The number of aromatic nitrogens is 2. The zero-order valence-electron chi connectivity index (χ0n) is 13.2. The summed E-state index contributed by atoms with van der Waals surface area (Å²) < 4.78 is 1.03. The van der Waals surface area contributed by atoms with E-state index in [0.29, 0.717) is 5.95 Å². The van der Waals surface area contributed by atoms with Crippen LogP contribution in [-0.4, -0.2) is 16.5 Å². The predicted octanol–water partition coefficient (Wildman–Crippen LogP) is 5.03. The van der Waals surface area contributed by atoms with Crippen molar-refractivity contribution in [1.82, 2.24) is 9.97 Å². The molecule has 0 aliphatic heterocycles. The molecule has 24 heavy (non-hydrogen) atoms. The number of halogens is 1. The molecule has 0 radical (unpaired) electrons. The van der Waals surface area contributed by atoms with Crippen molar-refractivity contribution in [2.24, 2.45) is 0 Å². The van der Waals surface area contributed by atoms with Crippen LogP contribution in [0.4, 0.5) is 17.5 Å². The Morgan fingerprint density at radius 2 is 1.83 bits per heavy atom. The molecule has 0 saturated heterocycles. The Kier molecular flexibility index (Phi) is 5.80. The second-order valence-electron chi connectivity index (χ2n) is 5.42. The highest BCUT2D eigenvalue weighted by Crippen LogP contribution is 2.19. The first kappa shape index (κ1) is 16.5. The van der Waals surface area contributed by atoms with E-state index in [-0.39, 0.29) is 0 Å². The Balaban J connectivity index is 1.51. The van der Waals surface area contributed by atoms with Crippen molar-refractivity contribution in [3.8, 4) is 0 Å². The van der Waals surface area contributed by atoms with Gasteiger partial charge in [-0.15, -0.1) is 0 Å². The van der Waals surface area contributed by atoms with E-state index < -0.39 is 0 Å². The third-order valence-corrected chi connectivity index (χ3v) is 4.01. The van der Waals surface area contributed by atoms with Gasteiger partial charge in [-0.2, -0.15) is 4.98 Å². The highest BCUT2D eigenvalue weighted by molar-refractivity contribution is 9.10. The van der Waals surface area contributed by atoms with Crippen LogP contribution in [0.3, 0.4) is 0 Å². The smallest absolute Gasteiger partial charge is 0.224 e. The average molecular weight is 383 g/mol. The van der Waals surface area contributed by atoms with E-state index in [1.807, 2.05) is 36.4 Å². The lowest BCUT2D eigenvalue weighted by atomic mass is 10.1. The second kappa shape index (κ2) is 8.45. The maximum atomic E-state index is 4.49. The molecule has 1 aromatic heterocycles. The molecule has 0 amide bonds. The van der Waals surface area contributed by atoms with Gasteiger partial charge in [0.2, 0.25) is 5.95 Å². The SMILES string of the molecule is Brc1cccc(Nc2ccnc(NCCCc3ccccc3)n2)c1. The third-order valence-electron chi connectivity index (χ3n) is 3.52. The van der Waals surface area contributed by atoms with E-state index in [1.165, 1.54) is 5.56 Å². The summed E-state index contributed by atoms with van der Waals surface area (Å²) >= 11 is 3.47. The summed E-state index contributed by atoms with van der Waals surface area (Å²) in [6, 6.07) is 20.3. The fraction of sp³-hybridized carbons (Fsp3) is 0.158. The van der Waals surface area contributed by atoms with Crippen LogP contribution in [0.1, 0.15) is 12.0 Å². The molecule has 0 fully saturated rings. The summed E-state index contributed by atoms with van der Waals surface area (Å²) in [4.78, 5) is 8.77. The highest BCUT2D eigenvalue weighted by Gasteiger charge is 2.00. The minimum atomic E-state index is 0.642. The van der Waals surface area contributed by atoms with Gasteiger partial charge in [-0.1, -0.05) is 52.3 Å². The van der Waals surface area contributed by atoms with Crippen molar-refractivity contribution in [3.63, 3.8) is 0 Å². The average Bonchev–Trinajstić information content (AvgIpc) is 2.60. The molecule has 1 heterocycles. The quantitative estimate of drug-likeness (QED) is 0.562. The molecule has 5 heteroatoms. The van der Waals surface area contributed by atoms with Gasteiger partial charge in [0.1, 0.15) is 5.82 Å². The van der Waals surface area contributed by atoms with E-state index in [0.717, 1.165) is 35.4 Å². The molecule has 2 N–H and O–H groups in total. The maximum Gasteiger partial charge on any atom is 0.224 e. The van der Waals surface area contributed by atoms with Crippen LogP contribution < -0.4 is 10.6 Å². The van der Waals surface area contributed by atoms with Gasteiger partial charge in [-0.05, 0) is 42.7 Å². The Labute approximate surface area is 150 Å². The van der Waals surface area contributed by atoms with Gasteiger partial charge >= 0.3 is 0 Å². The summed E-state index contributed by atoms with van der Waals surface area (Å²) in [5.41, 5.74) is 2.34. The number of rotatable bonds is 7. The van der Waals surface area contributed by atoms with E-state index in [2.05, 4.69) is 60.8 Å². The zero-order chi connectivity index (χ0) is 16.6. The van der Waals surface area contributed by atoms with Crippen LogP contribution in [0.15, 0.2) is 71.3 Å². The fourth-order valence-electron chi connectivity index (χ4n) is 2.36. The molecular weight excluding hydrogens is 364 g/mol. The Morgan fingerprint density at radius 1 is 0.958 bits per heavy atom. The fourth-order valence-corrected chi connectivity index (χ4v) is 2.76. The summed E-state index contributed by atoms with van der Waals surface area (Å²) in [5, 5.41) is 6.56. The van der Waals surface area contributed by atoms with E-state index in [4.69, 9.17) is 0 Å². The molecule has 122 valence electrons. The third kappa shape index (κ3) is 5.06. The molecule has 0 bridgehead atoms. The van der Waals surface area contributed by atoms with E-state index >= 15 is 0 Å². The van der Waals surface area contributed by atoms with Crippen molar-refractivity contribution in [1.29, 1.82) is 0 Å². The number of nitrogens with zero attached hydrogens (tertiary/aromatic N) is 2. The topological polar surface area (TPSA) is 49.8 Å². The molecule has 0 atom stereocenters. The summed E-state index contributed by atoms with van der Waals surface area (Å²) in [7, 11) is 0. The van der Waals surface area contributed by atoms with Crippen LogP contribution >= 0.6 is 15.9 Å². The van der Waals surface area contributed by atoms with Crippen molar-refractivity contribution in [2.45, 2.75) is 12.8 Å². The highest BCUT2D eigenvalue weighted by atomic mass is 79.9. The van der Waals surface area contributed by atoms with Gasteiger partial charge in [0, 0.05) is 22.9 Å². The van der Waals surface area contributed by atoms with Gasteiger partial charge in [0.15, 0.2) is 0 Å². The van der Waals surface area contributed by atoms with Crippen molar-refractivity contribution < 1.29 is 0 Å². The van der Waals surface area contributed by atoms with Crippen LogP contribution in [0.2, 0.25) is 0 Å². The zero-order valence-corrected chi connectivity index (χ0v) is 14.8. The van der Waals surface area contributed by atoms with Crippen LogP contribution in [0, 0.1) is 0 Å². The Hall–Kier alpha value is -2.40. The lowest BCUT2D eigenvalue weighted by Gasteiger charge is -2.09. The number of hydrogen-bond donors (Lipinski definition) is 2. The Morgan fingerprint density at radius 3 is 2.67 bits per heavy atom. The van der Waals surface area contributed by atoms with Gasteiger partial charge in [0.25, 0.3) is 0 Å². The first-order valence-electron chi connectivity index (χ1n) is 7.93. The maximum absolute atomic E-state index is 4.49. The lowest BCUT2D eigenvalue weighted by molar-refractivity contribution is 0.853. The minimum absolute atomic E-state index is 0.642. The summed E-state index contributed by atoms with van der Waals surface area (Å²) in [6.45, 7) is 0.842. The number of aryl methyl sites for hydroxylation is 1. The summed E-state index contributed by atoms with van der Waals surface area (Å²) in [5.74, 6) is 1.41. The minimum Gasteiger partial charge on any atom is -0.354 e. The second-order valence-corrected chi connectivity index (χ2v) is 6.33. The molecule has 2 aromatic carbocycles. The van der Waals surface area contributed by atoms with Crippen molar-refractivity contribution in [2.75, 3.05) is 17.2 Å². The standard InChI is InChI=1S/C19H19BrN4/c20-16-9-4-10-17(14-16)23-18-11-13-22-19(24-18)21-12-5-8-15-6-2-1-3-7-15/h1-4,6-7,9-11,13-14H,5,8,12H2,(H2,21,22,23,24). The molecule has 0 spiro atoms. The van der Waals surface area contributed by atoms with E-state index in [1.54, 1.807) is 6.20 Å². The molecule has 3 aromatic rings.